The van der Waals surface area contributed by atoms with E-state index in [2.05, 4.69) is 25.3 Å². The Kier molecular flexibility index (Phi) is 8.57. The molecule has 1 spiro atoms. The van der Waals surface area contributed by atoms with Crippen LogP contribution < -0.4 is 10.5 Å². The van der Waals surface area contributed by atoms with Crippen molar-refractivity contribution in [1.82, 2.24) is 4.90 Å². The Labute approximate surface area is 214 Å². The SMILES string of the molecule is C=C/C(=C(\C(=N)/C=C(/CC)C1CC2(CCN(C(=O)C#CC)C2)C1)C(N)=O)c1ccc(OC(C)C)cc1. The molecule has 1 aromatic rings. The van der Waals surface area contributed by atoms with E-state index in [1.165, 1.54) is 0 Å². The van der Waals surface area contributed by atoms with E-state index >= 15 is 0 Å². The molecule has 3 N–H and O–H groups in total. The van der Waals surface area contributed by atoms with Gasteiger partial charge in [0.25, 0.3) is 11.8 Å². The van der Waals surface area contributed by atoms with Gasteiger partial charge >= 0.3 is 0 Å². The molecule has 0 radical (unpaired) electrons. The Balaban J connectivity index is 1.80. The summed E-state index contributed by atoms with van der Waals surface area (Å²) in [5.41, 5.74) is 8.56. The van der Waals surface area contributed by atoms with Gasteiger partial charge in [0.2, 0.25) is 0 Å². The van der Waals surface area contributed by atoms with Crippen molar-refractivity contribution < 1.29 is 14.3 Å². The molecular formula is C30H37N3O3. The number of primary amides is 1. The molecule has 1 aliphatic heterocycles. The maximum atomic E-state index is 12.5. The molecule has 6 nitrogen and oxygen atoms in total. The minimum absolute atomic E-state index is 0.0562. The number of benzene rings is 1. The zero-order chi connectivity index (χ0) is 26.5. The molecule has 1 saturated carbocycles. The van der Waals surface area contributed by atoms with Crippen LogP contribution in [0.3, 0.4) is 0 Å². The summed E-state index contributed by atoms with van der Waals surface area (Å²) in [4.78, 5) is 26.5. The van der Waals surface area contributed by atoms with Crippen molar-refractivity contribution in [1.29, 1.82) is 5.41 Å². The van der Waals surface area contributed by atoms with Crippen molar-refractivity contribution in [3.05, 3.63) is 59.7 Å². The fourth-order valence-electron chi connectivity index (χ4n) is 5.40. The first-order valence-electron chi connectivity index (χ1n) is 12.6. The van der Waals surface area contributed by atoms with E-state index in [4.69, 9.17) is 15.9 Å². The molecule has 2 amide bonds. The summed E-state index contributed by atoms with van der Waals surface area (Å²) in [6, 6.07) is 7.37. The standard InChI is InChI=1S/C30H37N3O3/c1-6-9-27(34)33-15-14-30(19-33)17-23(18-30)21(7-2)16-26(31)28(29(32)35)25(8-3)22-10-12-24(13-11-22)36-20(4)5/h8,10-13,16,20,23,31H,3,7,14-15,17-19H2,1-2,4-5H3,(H2,32,35)/b21-16-,28-25-,31-26?. The molecule has 1 heterocycles. The van der Waals surface area contributed by atoms with Crippen molar-refractivity contribution >= 4 is 23.1 Å². The zero-order valence-corrected chi connectivity index (χ0v) is 21.8. The first-order valence-corrected chi connectivity index (χ1v) is 12.6. The number of carbonyl (C=O) groups is 2. The third-order valence-electron chi connectivity index (χ3n) is 7.10. The van der Waals surface area contributed by atoms with E-state index in [1.807, 2.05) is 43.0 Å². The molecule has 1 aromatic carbocycles. The molecule has 2 aliphatic rings. The lowest BCUT2D eigenvalue weighted by molar-refractivity contribution is -0.125. The van der Waals surface area contributed by atoms with Crippen LogP contribution in [0.4, 0.5) is 0 Å². The molecule has 2 fully saturated rings. The van der Waals surface area contributed by atoms with E-state index in [0.29, 0.717) is 11.5 Å². The van der Waals surface area contributed by atoms with Gasteiger partial charge < -0.3 is 20.8 Å². The quantitative estimate of drug-likeness (QED) is 0.224. The topological polar surface area (TPSA) is 96.5 Å². The molecule has 0 aromatic heterocycles. The van der Waals surface area contributed by atoms with E-state index < -0.39 is 5.91 Å². The number of hydrogen-bond donors (Lipinski definition) is 2. The summed E-state index contributed by atoms with van der Waals surface area (Å²) >= 11 is 0. The first-order chi connectivity index (χ1) is 17.1. The summed E-state index contributed by atoms with van der Waals surface area (Å²) in [6.07, 6.45) is 7.16. The van der Waals surface area contributed by atoms with Crippen LogP contribution in [-0.2, 0) is 9.59 Å². The van der Waals surface area contributed by atoms with Crippen molar-refractivity contribution in [2.75, 3.05) is 13.1 Å². The molecule has 0 bridgehead atoms. The fourth-order valence-corrected chi connectivity index (χ4v) is 5.40. The van der Waals surface area contributed by atoms with Gasteiger partial charge in [-0.15, -0.1) is 0 Å². The number of amides is 2. The number of ether oxygens (including phenoxy) is 1. The molecule has 1 saturated heterocycles. The molecule has 6 heteroatoms. The Morgan fingerprint density at radius 3 is 2.50 bits per heavy atom. The molecule has 36 heavy (non-hydrogen) atoms. The normalized spacial score (nSPS) is 21.9. The van der Waals surface area contributed by atoms with E-state index in [1.54, 1.807) is 19.1 Å². The van der Waals surface area contributed by atoms with Crippen LogP contribution in [0.5, 0.6) is 5.75 Å². The van der Waals surface area contributed by atoms with Crippen LogP contribution in [0.2, 0.25) is 0 Å². The highest BCUT2D eigenvalue weighted by Crippen LogP contribution is 2.54. The minimum atomic E-state index is -0.656. The van der Waals surface area contributed by atoms with Crippen LogP contribution in [-0.4, -0.2) is 41.6 Å². The van der Waals surface area contributed by atoms with E-state index in [-0.39, 0.29) is 28.7 Å². The highest BCUT2D eigenvalue weighted by molar-refractivity contribution is 6.29. The van der Waals surface area contributed by atoms with Gasteiger partial charge in [-0.1, -0.05) is 43.2 Å². The molecule has 3 rings (SSSR count). The third kappa shape index (κ3) is 5.96. The molecule has 1 aliphatic carbocycles. The van der Waals surface area contributed by atoms with Crippen molar-refractivity contribution in [3.8, 4) is 17.6 Å². The lowest BCUT2D eigenvalue weighted by Gasteiger charge is -2.46. The highest BCUT2D eigenvalue weighted by Gasteiger charge is 2.49. The van der Waals surface area contributed by atoms with Gasteiger partial charge in [-0.05, 0) is 93.1 Å². The summed E-state index contributed by atoms with van der Waals surface area (Å²) < 4.78 is 5.71. The molecular weight excluding hydrogens is 450 g/mol. The number of rotatable bonds is 9. The number of allylic oxidation sites excluding steroid dienone is 4. The maximum Gasteiger partial charge on any atom is 0.298 e. The monoisotopic (exact) mass is 487 g/mol. The van der Waals surface area contributed by atoms with Crippen LogP contribution >= 0.6 is 0 Å². The Bertz CT molecular complexity index is 1160. The average Bonchev–Trinajstić information content (AvgIpc) is 3.26. The molecule has 0 unspecified atom stereocenters. The Hall–Kier alpha value is -3.59. The summed E-state index contributed by atoms with van der Waals surface area (Å²) in [5.74, 6) is 5.64. The molecule has 190 valence electrons. The number of nitrogens with two attached hydrogens (primary N) is 1. The number of nitrogens with zero attached hydrogens (tertiary/aromatic N) is 1. The second-order valence-corrected chi connectivity index (χ2v) is 9.99. The second kappa shape index (κ2) is 11.4. The minimum Gasteiger partial charge on any atom is -0.491 e. The largest absolute Gasteiger partial charge is 0.491 e. The van der Waals surface area contributed by atoms with Gasteiger partial charge in [-0.2, -0.15) is 0 Å². The lowest BCUT2D eigenvalue weighted by Crippen LogP contribution is -2.41. The predicted octanol–water partition coefficient (Wildman–Crippen LogP) is 4.91. The number of hydrogen-bond acceptors (Lipinski definition) is 4. The number of likely N-dealkylation sites (tertiary alicyclic amines) is 1. The van der Waals surface area contributed by atoms with Crippen LogP contribution in [0.1, 0.15) is 58.9 Å². The van der Waals surface area contributed by atoms with Crippen LogP contribution in [0.25, 0.3) is 5.57 Å². The summed E-state index contributed by atoms with van der Waals surface area (Å²) in [5, 5.41) is 8.78. The van der Waals surface area contributed by atoms with E-state index in [0.717, 1.165) is 55.7 Å². The Morgan fingerprint density at radius 2 is 1.97 bits per heavy atom. The van der Waals surface area contributed by atoms with Gasteiger partial charge in [0, 0.05) is 13.1 Å². The summed E-state index contributed by atoms with van der Waals surface area (Å²) in [7, 11) is 0. The smallest absolute Gasteiger partial charge is 0.298 e. The van der Waals surface area contributed by atoms with Gasteiger partial charge in [0.15, 0.2) is 0 Å². The lowest BCUT2D eigenvalue weighted by atomic mass is 9.59. The maximum absolute atomic E-state index is 12.5. The van der Waals surface area contributed by atoms with Crippen molar-refractivity contribution in [2.24, 2.45) is 17.1 Å². The highest BCUT2D eigenvalue weighted by atomic mass is 16.5. The number of carbonyl (C=O) groups excluding carboxylic acids is 2. The van der Waals surface area contributed by atoms with Gasteiger partial charge in [-0.25, -0.2) is 0 Å². The van der Waals surface area contributed by atoms with Crippen molar-refractivity contribution in [3.63, 3.8) is 0 Å². The third-order valence-corrected chi connectivity index (χ3v) is 7.10. The van der Waals surface area contributed by atoms with Gasteiger partial charge in [0.05, 0.1) is 17.4 Å². The summed E-state index contributed by atoms with van der Waals surface area (Å²) in [6.45, 7) is 13.0. The molecule has 0 atom stereocenters. The predicted molar refractivity (Wildman–Crippen MR) is 144 cm³/mol. The second-order valence-electron chi connectivity index (χ2n) is 9.99. The van der Waals surface area contributed by atoms with Gasteiger partial charge in [0.1, 0.15) is 5.75 Å². The van der Waals surface area contributed by atoms with Gasteiger partial charge in [-0.3, -0.25) is 9.59 Å². The first kappa shape index (κ1) is 27.0. The Morgan fingerprint density at radius 1 is 1.31 bits per heavy atom. The van der Waals surface area contributed by atoms with Crippen LogP contribution in [0, 0.1) is 28.6 Å². The average molecular weight is 488 g/mol. The van der Waals surface area contributed by atoms with Crippen molar-refractivity contribution in [2.45, 2.75) is 59.5 Å². The fraction of sp³-hybridized carbons (Fsp3) is 0.433. The zero-order valence-electron chi connectivity index (χ0n) is 21.8. The van der Waals surface area contributed by atoms with Crippen LogP contribution in [0.15, 0.2) is 54.1 Å². The number of nitrogens with one attached hydrogen (secondary N) is 1. The van der Waals surface area contributed by atoms with E-state index in [9.17, 15) is 9.59 Å².